The number of hydrogen-bond donors (Lipinski definition) is 0. The van der Waals surface area contributed by atoms with Gasteiger partial charge in [-0.15, -0.1) is 0 Å². The van der Waals surface area contributed by atoms with Crippen molar-refractivity contribution in [2.24, 2.45) is 11.8 Å². The van der Waals surface area contributed by atoms with Gasteiger partial charge in [-0.2, -0.15) is 0 Å². The Balaban J connectivity index is 1.18. The number of fused-ring (bicyclic) bond motifs is 2. The maximum atomic E-state index is 14.7. The van der Waals surface area contributed by atoms with Crippen molar-refractivity contribution in [2.45, 2.75) is 64.2 Å². The fraction of sp³-hybridized carbons (Fsp3) is 0.333. The lowest BCUT2D eigenvalue weighted by atomic mass is 9.84. The Morgan fingerprint density at radius 3 is 1.49 bits per heavy atom. The second kappa shape index (κ2) is 11.6. The predicted octanol–water partition coefficient (Wildman–Crippen LogP) is 10.5. The molecule has 2 saturated carbocycles. The number of carbonyl (C=O) groups is 2. The number of amides is 2. The molecule has 5 heteroatoms. The van der Waals surface area contributed by atoms with Crippen LogP contribution in [0.2, 0.25) is 0 Å². The number of nitrogens with zero attached hydrogens (tertiary/aromatic N) is 1. The molecule has 0 atom stereocenters. The van der Waals surface area contributed by atoms with Crippen LogP contribution in [0.25, 0.3) is 43.1 Å². The molecule has 0 spiro atoms. The van der Waals surface area contributed by atoms with Crippen molar-refractivity contribution in [1.29, 1.82) is 0 Å². The van der Waals surface area contributed by atoms with Crippen molar-refractivity contribution in [3.63, 3.8) is 0 Å². The van der Waals surface area contributed by atoms with Gasteiger partial charge in [0.05, 0.1) is 13.2 Å². The van der Waals surface area contributed by atoms with Gasteiger partial charge in [-0.3, -0.25) is 9.59 Å². The van der Waals surface area contributed by atoms with E-state index in [2.05, 4.69) is 48.5 Å². The molecule has 1 aliphatic heterocycles. The Hall–Kier alpha value is -4.64. The number of rotatable bonds is 7. The van der Waals surface area contributed by atoms with Crippen LogP contribution < -0.4 is 14.4 Å². The fourth-order valence-electron chi connectivity index (χ4n) is 8.71. The molecule has 236 valence electrons. The van der Waals surface area contributed by atoms with Gasteiger partial charge in [0.25, 0.3) is 11.8 Å². The van der Waals surface area contributed by atoms with E-state index in [1.165, 1.54) is 54.2 Å². The van der Waals surface area contributed by atoms with E-state index in [1.807, 2.05) is 30.3 Å². The molecule has 0 radical (unpaired) electrons. The molecular formula is C42H39NO4. The monoisotopic (exact) mass is 621 g/mol. The first-order valence-electron chi connectivity index (χ1n) is 17.6. The number of carbonyl (C=O) groups excluding carboxylic acids is 2. The number of hydrogen-bond acceptors (Lipinski definition) is 4. The average molecular weight is 622 g/mol. The summed E-state index contributed by atoms with van der Waals surface area (Å²) in [6.07, 6.45) is 12.0. The van der Waals surface area contributed by atoms with Crippen LogP contribution in [0.4, 0.5) is 5.69 Å². The second-order valence-electron chi connectivity index (χ2n) is 14.0. The van der Waals surface area contributed by atoms with E-state index in [4.69, 9.17) is 9.47 Å². The van der Waals surface area contributed by atoms with Gasteiger partial charge < -0.3 is 9.47 Å². The number of ether oxygens (including phenoxy) is 2. The third kappa shape index (κ3) is 4.65. The summed E-state index contributed by atoms with van der Waals surface area (Å²) in [4.78, 5) is 30.7. The number of anilines is 1. The first-order chi connectivity index (χ1) is 23.2. The van der Waals surface area contributed by atoms with Crippen LogP contribution in [0.1, 0.15) is 84.9 Å². The zero-order valence-electron chi connectivity index (χ0n) is 26.7. The van der Waals surface area contributed by atoms with Crippen LogP contribution in [-0.4, -0.2) is 25.0 Å². The van der Waals surface area contributed by atoms with Crippen LogP contribution >= 0.6 is 0 Å². The number of para-hydroxylation sites is 1. The first kappa shape index (κ1) is 28.6. The summed E-state index contributed by atoms with van der Waals surface area (Å²) >= 11 is 0. The fourth-order valence-corrected chi connectivity index (χ4v) is 8.71. The summed E-state index contributed by atoms with van der Waals surface area (Å²) in [5.74, 6) is 1.35. The normalized spacial score (nSPS) is 17.8. The highest BCUT2D eigenvalue weighted by atomic mass is 16.5. The van der Waals surface area contributed by atoms with Gasteiger partial charge in [0.1, 0.15) is 17.2 Å². The van der Waals surface area contributed by atoms with Crippen LogP contribution in [0.15, 0.2) is 78.9 Å². The van der Waals surface area contributed by atoms with Gasteiger partial charge in [0.15, 0.2) is 0 Å². The second-order valence-corrected chi connectivity index (χ2v) is 14.0. The van der Waals surface area contributed by atoms with Crippen molar-refractivity contribution in [2.75, 3.05) is 18.1 Å². The Kier molecular flexibility index (Phi) is 7.02. The third-order valence-corrected chi connectivity index (χ3v) is 11.1. The molecule has 47 heavy (non-hydrogen) atoms. The lowest BCUT2D eigenvalue weighted by Gasteiger charge is -2.31. The minimum atomic E-state index is -0.334. The van der Waals surface area contributed by atoms with Crippen molar-refractivity contribution in [3.8, 4) is 11.5 Å². The van der Waals surface area contributed by atoms with Crippen molar-refractivity contribution in [1.82, 2.24) is 0 Å². The Labute approximate surface area is 274 Å². The van der Waals surface area contributed by atoms with Crippen LogP contribution in [-0.2, 0) is 0 Å². The standard InChI is InChI=1S/C42H39NO4/c44-41-33-22-20-31-29-16-7-14-28-15-8-17-30(37(28)29)32-21-23-34(39(33)38(31)32)42(45)43(41)40-35(46-24-26-10-3-1-4-11-26)18-9-19-36(40)47-25-27-12-5-2-6-13-27/h7-9,14-23,26-27H,1-6,10-13,24-25H2. The van der Waals surface area contributed by atoms with E-state index in [-0.39, 0.29) is 11.8 Å². The van der Waals surface area contributed by atoms with E-state index in [0.29, 0.717) is 53.4 Å². The van der Waals surface area contributed by atoms with E-state index in [1.54, 1.807) is 0 Å². The SMILES string of the molecule is O=C1c2ccc3c4cccc5cccc(c6ccc(c2c36)C(=O)N1c1c(OCC2CCCCC2)cccc1OCC1CCCCC1)c54. The van der Waals surface area contributed by atoms with Gasteiger partial charge in [-0.1, -0.05) is 93.1 Å². The summed E-state index contributed by atoms with van der Waals surface area (Å²) in [5.41, 5.74) is 1.50. The van der Waals surface area contributed by atoms with Gasteiger partial charge in [-0.25, -0.2) is 4.90 Å². The van der Waals surface area contributed by atoms with E-state index < -0.39 is 0 Å². The summed E-state index contributed by atoms with van der Waals surface area (Å²) in [6, 6.07) is 26.4. The zero-order chi connectivity index (χ0) is 31.5. The highest BCUT2D eigenvalue weighted by Gasteiger charge is 2.38. The zero-order valence-corrected chi connectivity index (χ0v) is 26.7. The molecule has 0 unspecified atom stereocenters. The first-order valence-corrected chi connectivity index (χ1v) is 17.6. The van der Waals surface area contributed by atoms with Gasteiger partial charge in [0.2, 0.25) is 0 Å². The van der Waals surface area contributed by atoms with Crippen LogP contribution in [0.5, 0.6) is 11.5 Å². The molecular weight excluding hydrogens is 582 g/mol. The Bertz CT molecular complexity index is 2030. The molecule has 2 fully saturated rings. The summed E-state index contributed by atoms with van der Waals surface area (Å²) in [7, 11) is 0. The summed E-state index contributed by atoms with van der Waals surface area (Å²) in [6.45, 7) is 1.14. The number of benzene rings is 6. The van der Waals surface area contributed by atoms with E-state index >= 15 is 0 Å². The van der Waals surface area contributed by atoms with Gasteiger partial charge >= 0.3 is 0 Å². The maximum Gasteiger partial charge on any atom is 0.266 e. The average Bonchev–Trinajstić information content (AvgIpc) is 3.12. The predicted molar refractivity (Wildman–Crippen MR) is 189 cm³/mol. The van der Waals surface area contributed by atoms with Crippen LogP contribution in [0, 0.1) is 11.8 Å². The summed E-state index contributed by atoms with van der Waals surface area (Å²) < 4.78 is 13.1. The molecule has 2 amide bonds. The molecule has 1 heterocycles. The van der Waals surface area contributed by atoms with Gasteiger partial charge in [-0.05, 0) is 99.5 Å². The molecule has 0 aromatic heterocycles. The third-order valence-electron chi connectivity index (χ3n) is 11.1. The minimum Gasteiger partial charge on any atom is -0.491 e. The molecule has 0 N–H and O–H groups in total. The number of imide groups is 1. The topological polar surface area (TPSA) is 55.8 Å². The summed E-state index contributed by atoms with van der Waals surface area (Å²) in [5, 5.41) is 8.50. The molecule has 0 saturated heterocycles. The van der Waals surface area contributed by atoms with Crippen LogP contribution in [0.3, 0.4) is 0 Å². The molecule has 9 rings (SSSR count). The highest BCUT2D eigenvalue weighted by molar-refractivity contribution is 6.42. The molecule has 3 aliphatic rings. The highest BCUT2D eigenvalue weighted by Crippen LogP contribution is 2.47. The largest absolute Gasteiger partial charge is 0.491 e. The molecule has 6 aromatic carbocycles. The Morgan fingerprint density at radius 2 is 0.979 bits per heavy atom. The quantitative estimate of drug-likeness (QED) is 0.101. The van der Waals surface area contributed by atoms with E-state index in [0.717, 1.165) is 58.0 Å². The maximum absolute atomic E-state index is 14.7. The van der Waals surface area contributed by atoms with E-state index in [9.17, 15) is 9.59 Å². The molecule has 5 nitrogen and oxygen atoms in total. The lowest BCUT2D eigenvalue weighted by Crippen LogP contribution is -2.41. The van der Waals surface area contributed by atoms with Crippen molar-refractivity contribution >= 4 is 60.6 Å². The van der Waals surface area contributed by atoms with Gasteiger partial charge in [0, 0.05) is 16.5 Å². The van der Waals surface area contributed by atoms with Crippen molar-refractivity contribution < 1.29 is 19.1 Å². The minimum absolute atomic E-state index is 0.334. The molecule has 2 aliphatic carbocycles. The molecule has 0 bridgehead atoms. The Morgan fingerprint density at radius 1 is 0.511 bits per heavy atom. The molecule has 6 aromatic rings. The lowest BCUT2D eigenvalue weighted by molar-refractivity contribution is 0.0889. The smallest absolute Gasteiger partial charge is 0.266 e. The van der Waals surface area contributed by atoms with Crippen molar-refractivity contribution in [3.05, 3.63) is 90.0 Å².